The maximum Gasteiger partial charge on any atom is 0.143 e. The average Bonchev–Trinajstić information content (AvgIpc) is 3.23. The van der Waals surface area contributed by atoms with E-state index in [1.54, 1.807) is 0 Å². The van der Waals surface area contributed by atoms with E-state index in [2.05, 4.69) is 84.9 Å². The van der Waals surface area contributed by atoms with Crippen LogP contribution < -0.4 is 5.46 Å². The molecule has 0 saturated carbocycles. The molecule has 0 aliphatic heterocycles. The van der Waals surface area contributed by atoms with E-state index in [1.165, 1.54) is 11.1 Å². The molecule has 32 heavy (non-hydrogen) atoms. The van der Waals surface area contributed by atoms with Crippen molar-refractivity contribution in [2.75, 3.05) is 0 Å². The largest absolute Gasteiger partial charge is 0.455 e. The molecule has 148 valence electrons. The molecule has 0 fully saturated rings. The van der Waals surface area contributed by atoms with Gasteiger partial charge in [0.2, 0.25) is 0 Å². The molecule has 0 spiro atoms. The molecule has 1 heterocycles. The highest BCUT2D eigenvalue weighted by atomic mass is 16.3. The highest BCUT2D eigenvalue weighted by Crippen LogP contribution is 2.36. The zero-order valence-electron chi connectivity index (χ0n) is 17.5. The number of rotatable bonds is 3. The molecule has 0 N–H and O–H groups in total. The zero-order valence-corrected chi connectivity index (χ0v) is 17.5. The average molecular weight is 406 g/mol. The van der Waals surface area contributed by atoms with E-state index < -0.39 is 0 Å². The van der Waals surface area contributed by atoms with Gasteiger partial charge in [0.15, 0.2) is 0 Å². The van der Waals surface area contributed by atoms with Crippen LogP contribution in [0.4, 0.5) is 0 Å². The lowest BCUT2D eigenvalue weighted by Gasteiger charge is -2.08. The molecule has 0 aliphatic carbocycles. The molecule has 0 bridgehead atoms. The van der Waals surface area contributed by atoms with Crippen molar-refractivity contribution in [3.05, 3.63) is 115 Å². The Bertz CT molecular complexity index is 1570. The van der Waals surface area contributed by atoms with Crippen molar-refractivity contribution in [2.24, 2.45) is 0 Å². The molecule has 0 saturated heterocycles. The van der Waals surface area contributed by atoms with Crippen molar-refractivity contribution in [2.45, 2.75) is 0 Å². The van der Waals surface area contributed by atoms with E-state index in [0.29, 0.717) is 0 Å². The number of hydrogen-bond acceptors (Lipinski definition) is 1. The monoisotopic (exact) mass is 406 g/mol. The molecular weight excluding hydrogens is 387 g/mol. The lowest BCUT2D eigenvalue weighted by molar-refractivity contribution is 0.670. The first kappa shape index (κ1) is 18.7. The Kier molecular flexibility index (Phi) is 4.43. The third-order valence-electron chi connectivity index (χ3n) is 6.02. The second-order valence-corrected chi connectivity index (χ2v) is 8.06. The number of furan rings is 1. The van der Waals surface area contributed by atoms with Crippen LogP contribution in [0.25, 0.3) is 55.3 Å². The molecular formula is C30H19BO. The molecule has 6 aromatic rings. The van der Waals surface area contributed by atoms with Crippen LogP contribution in [0, 0.1) is 0 Å². The van der Waals surface area contributed by atoms with Crippen LogP contribution in [0.1, 0.15) is 0 Å². The molecule has 5 aromatic carbocycles. The van der Waals surface area contributed by atoms with Gasteiger partial charge >= 0.3 is 0 Å². The van der Waals surface area contributed by atoms with Crippen LogP contribution in [0.2, 0.25) is 0 Å². The number of hydrogen-bond donors (Lipinski definition) is 0. The highest BCUT2D eigenvalue weighted by Gasteiger charge is 2.12. The van der Waals surface area contributed by atoms with Crippen molar-refractivity contribution < 1.29 is 4.42 Å². The zero-order chi connectivity index (χ0) is 21.5. The number of para-hydroxylation sites is 2. The Balaban J connectivity index is 1.39. The predicted octanol–water partition coefficient (Wildman–Crippen LogP) is 7.38. The summed E-state index contributed by atoms with van der Waals surface area (Å²) < 4.78 is 6.22. The topological polar surface area (TPSA) is 13.1 Å². The molecule has 1 nitrogen and oxygen atoms in total. The van der Waals surface area contributed by atoms with Crippen molar-refractivity contribution >= 4 is 35.2 Å². The molecule has 2 heteroatoms. The van der Waals surface area contributed by atoms with Gasteiger partial charge in [-0.2, -0.15) is 0 Å². The van der Waals surface area contributed by atoms with Crippen molar-refractivity contribution in [1.29, 1.82) is 0 Å². The SMILES string of the molecule is [B]c1cccc(-c2cccc(-c3ccc(-c4cccc5c4oc4ccccc45)cc3)c2)c1. The van der Waals surface area contributed by atoms with Gasteiger partial charge < -0.3 is 4.42 Å². The van der Waals surface area contributed by atoms with E-state index >= 15 is 0 Å². The van der Waals surface area contributed by atoms with Gasteiger partial charge in [-0.1, -0.05) is 109 Å². The Labute approximate surface area is 188 Å². The van der Waals surface area contributed by atoms with Crippen LogP contribution in [-0.2, 0) is 0 Å². The minimum Gasteiger partial charge on any atom is -0.455 e. The van der Waals surface area contributed by atoms with Gasteiger partial charge in [0, 0.05) is 16.3 Å². The maximum absolute atomic E-state index is 6.22. The number of benzene rings is 5. The van der Waals surface area contributed by atoms with Crippen LogP contribution in [0.5, 0.6) is 0 Å². The summed E-state index contributed by atoms with van der Waals surface area (Å²) >= 11 is 0. The third-order valence-corrected chi connectivity index (χ3v) is 6.02. The van der Waals surface area contributed by atoms with Crippen LogP contribution >= 0.6 is 0 Å². The van der Waals surface area contributed by atoms with Gasteiger partial charge in [-0.15, -0.1) is 0 Å². The van der Waals surface area contributed by atoms with Crippen LogP contribution in [0.15, 0.2) is 120 Å². The van der Waals surface area contributed by atoms with Gasteiger partial charge in [0.1, 0.15) is 19.0 Å². The first-order valence-electron chi connectivity index (χ1n) is 10.7. The fourth-order valence-corrected chi connectivity index (χ4v) is 4.41. The first-order chi connectivity index (χ1) is 15.8. The molecule has 0 amide bonds. The number of fused-ring (bicyclic) bond motifs is 3. The second kappa shape index (κ2) is 7.58. The summed E-state index contributed by atoms with van der Waals surface area (Å²) in [7, 11) is 5.97. The van der Waals surface area contributed by atoms with E-state index in [-0.39, 0.29) is 0 Å². The minimum atomic E-state index is 0.775. The lowest BCUT2D eigenvalue weighted by atomic mass is 9.91. The Morgan fingerprint density at radius 2 is 1.09 bits per heavy atom. The smallest absolute Gasteiger partial charge is 0.143 e. The lowest BCUT2D eigenvalue weighted by Crippen LogP contribution is -2.00. The van der Waals surface area contributed by atoms with Crippen molar-refractivity contribution in [1.82, 2.24) is 0 Å². The van der Waals surface area contributed by atoms with E-state index in [0.717, 1.165) is 49.7 Å². The van der Waals surface area contributed by atoms with E-state index in [9.17, 15) is 0 Å². The van der Waals surface area contributed by atoms with Gasteiger partial charge in [-0.3, -0.25) is 0 Å². The van der Waals surface area contributed by atoms with Gasteiger partial charge in [-0.05, 0) is 39.9 Å². The molecule has 0 unspecified atom stereocenters. The van der Waals surface area contributed by atoms with Gasteiger partial charge in [-0.25, -0.2) is 0 Å². The highest BCUT2D eigenvalue weighted by molar-refractivity contribution is 6.32. The van der Waals surface area contributed by atoms with Crippen LogP contribution in [-0.4, -0.2) is 7.85 Å². The Hall–Kier alpha value is -4.04. The molecule has 2 radical (unpaired) electrons. The standard InChI is InChI=1S/C30H19BO/c31-25-9-4-8-24(19-25)23-7-3-6-22(18-23)20-14-16-21(17-15-20)26-11-5-12-28-27-10-1-2-13-29(27)32-30(26)28/h1-19H. The molecule has 0 aliphatic rings. The van der Waals surface area contributed by atoms with Crippen LogP contribution in [0.3, 0.4) is 0 Å². The second-order valence-electron chi connectivity index (χ2n) is 8.06. The third kappa shape index (κ3) is 3.21. The van der Waals surface area contributed by atoms with Crippen molar-refractivity contribution in [3.63, 3.8) is 0 Å². The van der Waals surface area contributed by atoms with Gasteiger partial charge in [0.05, 0.1) is 0 Å². The Morgan fingerprint density at radius 1 is 0.469 bits per heavy atom. The quantitative estimate of drug-likeness (QED) is 0.280. The predicted molar refractivity (Wildman–Crippen MR) is 135 cm³/mol. The summed E-state index contributed by atoms with van der Waals surface area (Å²) in [5.74, 6) is 0. The fraction of sp³-hybridized carbons (Fsp3) is 0. The summed E-state index contributed by atoms with van der Waals surface area (Å²) in [6.07, 6.45) is 0. The summed E-state index contributed by atoms with van der Waals surface area (Å²) in [6, 6.07) is 39.8. The summed E-state index contributed by atoms with van der Waals surface area (Å²) in [5, 5.41) is 2.30. The van der Waals surface area contributed by atoms with E-state index in [1.807, 2.05) is 30.3 Å². The summed E-state index contributed by atoms with van der Waals surface area (Å²) in [5.41, 5.74) is 9.52. The Morgan fingerprint density at radius 3 is 1.91 bits per heavy atom. The fourth-order valence-electron chi connectivity index (χ4n) is 4.41. The van der Waals surface area contributed by atoms with Crippen molar-refractivity contribution in [3.8, 4) is 33.4 Å². The molecule has 6 rings (SSSR count). The van der Waals surface area contributed by atoms with E-state index in [4.69, 9.17) is 12.3 Å². The molecule has 0 atom stereocenters. The first-order valence-corrected chi connectivity index (χ1v) is 10.7. The summed E-state index contributed by atoms with van der Waals surface area (Å²) in [6.45, 7) is 0. The normalized spacial score (nSPS) is 11.2. The minimum absolute atomic E-state index is 0.775. The molecule has 1 aromatic heterocycles. The summed E-state index contributed by atoms with van der Waals surface area (Å²) in [4.78, 5) is 0. The van der Waals surface area contributed by atoms with Gasteiger partial charge in [0.25, 0.3) is 0 Å². The maximum atomic E-state index is 6.22.